The zero-order chi connectivity index (χ0) is 34.3. The zero-order valence-electron chi connectivity index (χ0n) is 20.4. The van der Waals surface area contributed by atoms with Crippen LogP contribution in [0.5, 0.6) is 0 Å². The molecule has 42 heavy (non-hydrogen) atoms. The van der Waals surface area contributed by atoms with Crippen molar-refractivity contribution in [2.75, 3.05) is 13.2 Å². The number of ether oxygens (including phenoxy) is 2. The van der Waals surface area contributed by atoms with E-state index in [1.807, 2.05) is 0 Å². The van der Waals surface area contributed by atoms with E-state index in [1.165, 1.54) is 20.0 Å². The third kappa shape index (κ3) is 6.03. The Hall–Kier alpha value is -1.95. The summed E-state index contributed by atoms with van der Waals surface area (Å²) in [5, 5.41) is 1.58. The second kappa shape index (κ2) is 11.9. The van der Waals surface area contributed by atoms with Crippen molar-refractivity contribution in [2.45, 2.75) is 85.6 Å². The number of halogens is 20. The lowest BCUT2D eigenvalue weighted by molar-refractivity contribution is -0.465. The number of alkyl halides is 20. The Labute approximate surface area is 222 Å². The highest BCUT2D eigenvalue weighted by molar-refractivity contribution is 6.57. The predicted molar refractivity (Wildman–Crippen MR) is 99.3 cm³/mol. The van der Waals surface area contributed by atoms with Crippen LogP contribution in [0.25, 0.3) is 0 Å². The van der Waals surface area contributed by atoms with E-state index in [-0.39, 0.29) is 6.61 Å². The fourth-order valence-electron chi connectivity index (χ4n) is 2.55. The SMILES string of the molecule is CCOC(NC(=O)OCC(F)(F)C(F)(F)C(F)(F)C(F)(F)C(F)(F)C(F)(F)C(F)(F)C(F)(F)C(F)(F)C(F)F)[SiH](C)C. The van der Waals surface area contributed by atoms with Crippen molar-refractivity contribution in [1.82, 2.24) is 5.32 Å². The van der Waals surface area contributed by atoms with Crippen LogP contribution in [0.4, 0.5) is 92.6 Å². The van der Waals surface area contributed by atoms with Crippen LogP contribution >= 0.6 is 0 Å². The van der Waals surface area contributed by atoms with Crippen LogP contribution in [-0.4, -0.2) is 93.7 Å². The summed E-state index contributed by atoms with van der Waals surface area (Å²) in [4.78, 5) is 11.5. The fourth-order valence-corrected chi connectivity index (χ4v) is 3.59. The molecule has 0 aromatic carbocycles. The van der Waals surface area contributed by atoms with Crippen molar-refractivity contribution in [2.24, 2.45) is 0 Å². The Balaban J connectivity index is 6.57. The highest BCUT2D eigenvalue weighted by atomic mass is 28.3. The van der Waals surface area contributed by atoms with Gasteiger partial charge >= 0.3 is 65.8 Å². The van der Waals surface area contributed by atoms with Gasteiger partial charge in [0.25, 0.3) is 0 Å². The Kier molecular flexibility index (Phi) is 11.3. The fraction of sp³-hybridized carbons (Fsp3) is 0.941. The van der Waals surface area contributed by atoms with Gasteiger partial charge in [-0.2, -0.15) is 79.0 Å². The van der Waals surface area contributed by atoms with Gasteiger partial charge in [-0.15, -0.1) is 0 Å². The summed E-state index contributed by atoms with van der Waals surface area (Å²) in [5.41, 5.74) is 0. The largest absolute Gasteiger partial charge is 0.443 e. The molecule has 0 aliphatic carbocycles. The van der Waals surface area contributed by atoms with Crippen molar-refractivity contribution in [1.29, 1.82) is 0 Å². The van der Waals surface area contributed by atoms with Gasteiger partial charge in [0.2, 0.25) is 0 Å². The van der Waals surface area contributed by atoms with Crippen molar-refractivity contribution in [3.8, 4) is 0 Å². The van der Waals surface area contributed by atoms with Gasteiger partial charge in [-0.1, -0.05) is 13.1 Å². The molecule has 0 radical (unpaired) electrons. The Bertz CT molecular complexity index is 941. The molecular formula is C17H17F20NO3Si. The minimum atomic E-state index is -9.10. The predicted octanol–water partition coefficient (Wildman–Crippen LogP) is 7.08. The maximum atomic E-state index is 13.8. The van der Waals surface area contributed by atoms with Crippen LogP contribution in [0.15, 0.2) is 0 Å². The first kappa shape index (κ1) is 40.0. The van der Waals surface area contributed by atoms with Crippen LogP contribution in [0.1, 0.15) is 6.92 Å². The Morgan fingerprint density at radius 2 is 0.976 bits per heavy atom. The van der Waals surface area contributed by atoms with Gasteiger partial charge < -0.3 is 9.47 Å². The van der Waals surface area contributed by atoms with Crippen LogP contribution < -0.4 is 5.32 Å². The van der Waals surface area contributed by atoms with E-state index in [1.54, 1.807) is 5.32 Å². The molecule has 252 valence electrons. The van der Waals surface area contributed by atoms with E-state index in [4.69, 9.17) is 4.74 Å². The van der Waals surface area contributed by atoms with Crippen LogP contribution in [0.2, 0.25) is 13.1 Å². The highest BCUT2D eigenvalue weighted by Gasteiger charge is 2.96. The molecule has 0 bridgehead atoms. The first-order valence-corrected chi connectivity index (χ1v) is 13.4. The van der Waals surface area contributed by atoms with Gasteiger partial charge in [0, 0.05) is 6.61 Å². The number of alkyl carbamates (subject to hydrolysis) is 1. The first-order valence-electron chi connectivity index (χ1n) is 10.4. The lowest BCUT2D eigenvalue weighted by atomic mass is 9.86. The molecule has 1 atom stereocenters. The number of hydrogen-bond acceptors (Lipinski definition) is 3. The molecule has 25 heteroatoms. The average Bonchev–Trinajstić information content (AvgIpc) is 2.81. The molecule has 1 amide bonds. The molecule has 0 heterocycles. The number of rotatable bonds is 15. The van der Waals surface area contributed by atoms with E-state index in [9.17, 15) is 92.6 Å². The van der Waals surface area contributed by atoms with Crippen molar-refractivity contribution >= 4 is 14.9 Å². The smallest absolute Gasteiger partial charge is 0.409 e. The molecule has 0 fully saturated rings. The Morgan fingerprint density at radius 1 is 0.643 bits per heavy atom. The summed E-state index contributed by atoms with van der Waals surface area (Å²) in [6, 6.07) is 0. The molecule has 1 N–H and O–H groups in total. The van der Waals surface area contributed by atoms with E-state index < -0.39 is 87.1 Å². The van der Waals surface area contributed by atoms with Gasteiger partial charge in [0.1, 0.15) is 5.85 Å². The van der Waals surface area contributed by atoms with E-state index in [0.717, 1.165) is 0 Å². The number of nitrogens with one attached hydrogen (secondary N) is 1. The second-order valence-electron chi connectivity index (χ2n) is 8.49. The lowest BCUT2D eigenvalue weighted by Crippen LogP contribution is -2.76. The van der Waals surface area contributed by atoms with E-state index in [0.29, 0.717) is 0 Å². The highest BCUT2D eigenvalue weighted by Crippen LogP contribution is 2.65. The molecule has 1 unspecified atom stereocenters. The van der Waals surface area contributed by atoms with Crippen LogP contribution in [0, 0.1) is 0 Å². The quantitative estimate of drug-likeness (QED) is 0.114. The minimum Gasteiger partial charge on any atom is -0.443 e. The second-order valence-corrected chi connectivity index (χ2v) is 11.6. The minimum absolute atomic E-state index is 0.185. The van der Waals surface area contributed by atoms with Crippen molar-refractivity contribution in [3.63, 3.8) is 0 Å². The molecule has 0 saturated carbocycles. The summed E-state index contributed by atoms with van der Waals surface area (Å²) in [5.74, 6) is -77.4. The topological polar surface area (TPSA) is 47.6 Å². The molecule has 0 aromatic rings. The molecular weight excluding hydrogens is 674 g/mol. The van der Waals surface area contributed by atoms with Crippen LogP contribution in [0.3, 0.4) is 0 Å². The Morgan fingerprint density at radius 3 is 1.29 bits per heavy atom. The summed E-state index contributed by atoms with van der Waals surface area (Å²) >= 11 is 0. The summed E-state index contributed by atoms with van der Waals surface area (Å²) in [7, 11) is -2.14. The maximum Gasteiger partial charge on any atom is 0.409 e. The molecule has 0 saturated heterocycles. The number of carbonyl (C=O) groups is 1. The summed E-state index contributed by atoms with van der Waals surface area (Å²) in [6.07, 6.45) is -8.34. The third-order valence-electron chi connectivity index (χ3n) is 5.11. The van der Waals surface area contributed by atoms with Gasteiger partial charge in [0.15, 0.2) is 6.61 Å². The normalized spacial score (nSPS) is 16.2. The molecule has 0 aliphatic rings. The monoisotopic (exact) mass is 691 g/mol. The maximum absolute atomic E-state index is 13.8. The lowest BCUT2D eigenvalue weighted by Gasteiger charge is -2.44. The van der Waals surface area contributed by atoms with Crippen molar-refractivity contribution in [3.05, 3.63) is 0 Å². The molecule has 0 rings (SSSR count). The molecule has 0 aromatic heterocycles. The number of carbonyl (C=O) groups excluding carboxylic acids is 1. The first-order chi connectivity index (χ1) is 18.2. The van der Waals surface area contributed by atoms with E-state index in [2.05, 4.69) is 4.74 Å². The summed E-state index contributed by atoms with van der Waals surface area (Å²) in [6.45, 7) is 0.516. The zero-order valence-corrected chi connectivity index (χ0v) is 21.6. The van der Waals surface area contributed by atoms with E-state index >= 15 is 0 Å². The average molecular weight is 691 g/mol. The standard InChI is InChI=1S/C17H17F20NO3Si/c1-4-40-8(42(2)3)38-7(39)41-5-9(20,21)11(24,25)13(28,29)15(32,33)17(36,37)16(34,35)14(30,31)12(26,27)10(22,23)6(18)19/h6,8,42H,4-5H2,1-3H3,(H,38,39). The third-order valence-corrected chi connectivity index (χ3v) is 6.68. The van der Waals surface area contributed by atoms with Crippen molar-refractivity contribution < 1.29 is 102 Å². The van der Waals surface area contributed by atoms with Gasteiger partial charge in [-0.25, -0.2) is 13.6 Å². The van der Waals surface area contributed by atoms with Gasteiger partial charge in [0.05, 0.1) is 8.80 Å². The molecule has 4 nitrogen and oxygen atoms in total. The number of amides is 1. The number of hydrogen-bond donors (Lipinski definition) is 1. The van der Waals surface area contributed by atoms with Gasteiger partial charge in [-0.05, 0) is 6.92 Å². The van der Waals surface area contributed by atoms with Crippen LogP contribution in [-0.2, 0) is 9.47 Å². The molecule has 0 aliphatic heterocycles. The van der Waals surface area contributed by atoms with Gasteiger partial charge in [-0.3, -0.25) is 5.32 Å². The summed E-state index contributed by atoms with van der Waals surface area (Å²) < 4.78 is 276. The molecule has 0 spiro atoms.